The molecule has 0 aliphatic heterocycles. The molecule has 2 rings (SSSR count). The standard InChI is InChI=1S/C11H12BrN3O/c1-15-9-6-7(10(16)4-5-13)2-3-8(9)11(12)14-15/h2-3,6H,4-5,13H2,1H3. The average Bonchev–Trinajstić information content (AvgIpc) is 2.55. The molecule has 0 bridgehead atoms. The summed E-state index contributed by atoms with van der Waals surface area (Å²) in [7, 11) is 1.85. The lowest BCUT2D eigenvalue weighted by atomic mass is 10.1. The van der Waals surface area contributed by atoms with Crippen LogP contribution in [0.5, 0.6) is 0 Å². The molecule has 0 aliphatic carbocycles. The molecule has 0 saturated heterocycles. The van der Waals surface area contributed by atoms with Crippen LogP contribution in [-0.2, 0) is 7.05 Å². The molecule has 1 aromatic heterocycles. The van der Waals surface area contributed by atoms with Gasteiger partial charge in [-0.25, -0.2) is 0 Å². The van der Waals surface area contributed by atoms with E-state index in [0.717, 1.165) is 15.5 Å². The summed E-state index contributed by atoms with van der Waals surface area (Å²) in [5, 5.41) is 5.24. The Bertz CT molecular complexity index is 547. The molecule has 0 saturated carbocycles. The summed E-state index contributed by atoms with van der Waals surface area (Å²) >= 11 is 3.37. The van der Waals surface area contributed by atoms with Gasteiger partial charge in [-0.3, -0.25) is 9.48 Å². The quantitative estimate of drug-likeness (QED) is 0.874. The molecule has 0 spiro atoms. The van der Waals surface area contributed by atoms with Crippen molar-refractivity contribution in [2.24, 2.45) is 12.8 Å². The predicted molar refractivity (Wildman–Crippen MR) is 66.4 cm³/mol. The topological polar surface area (TPSA) is 60.9 Å². The molecule has 0 unspecified atom stereocenters. The number of aromatic nitrogens is 2. The Kier molecular flexibility index (Phi) is 3.07. The highest BCUT2D eigenvalue weighted by atomic mass is 79.9. The van der Waals surface area contributed by atoms with Crippen LogP contribution >= 0.6 is 15.9 Å². The highest BCUT2D eigenvalue weighted by molar-refractivity contribution is 9.10. The molecule has 0 fully saturated rings. The van der Waals surface area contributed by atoms with E-state index in [1.807, 2.05) is 25.2 Å². The number of Topliss-reactive ketones (excluding diaryl/α,β-unsaturated/α-hetero) is 1. The fourth-order valence-electron chi connectivity index (χ4n) is 1.66. The maximum atomic E-state index is 11.7. The number of hydrogen-bond acceptors (Lipinski definition) is 3. The zero-order chi connectivity index (χ0) is 11.7. The molecule has 4 nitrogen and oxygen atoms in total. The number of carbonyl (C=O) groups is 1. The molecule has 5 heteroatoms. The van der Waals surface area contributed by atoms with Crippen LogP contribution in [-0.4, -0.2) is 22.1 Å². The summed E-state index contributed by atoms with van der Waals surface area (Å²) < 4.78 is 2.54. The number of ketones is 1. The largest absolute Gasteiger partial charge is 0.330 e. The van der Waals surface area contributed by atoms with Crippen molar-refractivity contribution in [3.63, 3.8) is 0 Å². The van der Waals surface area contributed by atoms with E-state index in [1.165, 1.54) is 0 Å². The number of benzene rings is 1. The van der Waals surface area contributed by atoms with Gasteiger partial charge in [0.2, 0.25) is 0 Å². The zero-order valence-electron chi connectivity index (χ0n) is 8.90. The normalized spacial score (nSPS) is 10.9. The summed E-state index contributed by atoms with van der Waals surface area (Å²) in [4.78, 5) is 11.7. The van der Waals surface area contributed by atoms with Crippen LogP contribution < -0.4 is 5.73 Å². The van der Waals surface area contributed by atoms with Crippen LogP contribution in [0.25, 0.3) is 10.9 Å². The van der Waals surface area contributed by atoms with Crippen LogP contribution in [0.1, 0.15) is 16.8 Å². The monoisotopic (exact) mass is 281 g/mol. The first kappa shape index (κ1) is 11.3. The first-order valence-electron chi connectivity index (χ1n) is 4.99. The van der Waals surface area contributed by atoms with Crippen molar-refractivity contribution in [3.05, 3.63) is 28.4 Å². The van der Waals surface area contributed by atoms with Gasteiger partial charge < -0.3 is 5.73 Å². The number of aryl methyl sites for hydroxylation is 1. The second kappa shape index (κ2) is 4.35. The second-order valence-corrected chi connectivity index (χ2v) is 4.36. The molecule has 16 heavy (non-hydrogen) atoms. The fourth-order valence-corrected chi connectivity index (χ4v) is 2.24. The van der Waals surface area contributed by atoms with Gasteiger partial charge in [-0.2, -0.15) is 5.10 Å². The molecular weight excluding hydrogens is 270 g/mol. The van der Waals surface area contributed by atoms with Crippen molar-refractivity contribution in [2.45, 2.75) is 6.42 Å². The maximum Gasteiger partial charge on any atom is 0.164 e. The fraction of sp³-hybridized carbons (Fsp3) is 0.273. The van der Waals surface area contributed by atoms with Gasteiger partial charge in [0.1, 0.15) is 4.60 Å². The van der Waals surface area contributed by atoms with E-state index in [-0.39, 0.29) is 5.78 Å². The third-order valence-electron chi connectivity index (χ3n) is 2.50. The van der Waals surface area contributed by atoms with Crippen molar-refractivity contribution >= 4 is 32.6 Å². The van der Waals surface area contributed by atoms with Gasteiger partial charge in [0.15, 0.2) is 5.78 Å². The number of rotatable bonds is 3. The van der Waals surface area contributed by atoms with Gasteiger partial charge in [0, 0.05) is 24.4 Å². The van der Waals surface area contributed by atoms with E-state index >= 15 is 0 Å². The first-order chi connectivity index (χ1) is 7.63. The number of hydrogen-bond donors (Lipinski definition) is 1. The summed E-state index contributed by atoms with van der Waals surface area (Å²) in [5.41, 5.74) is 7.00. The van der Waals surface area contributed by atoms with Crippen molar-refractivity contribution in [1.29, 1.82) is 0 Å². The molecule has 1 aromatic carbocycles. The summed E-state index contributed by atoms with van der Waals surface area (Å²) in [5.74, 6) is 0.0710. The Morgan fingerprint density at radius 2 is 2.31 bits per heavy atom. The highest BCUT2D eigenvalue weighted by Crippen LogP contribution is 2.23. The van der Waals surface area contributed by atoms with E-state index in [2.05, 4.69) is 21.0 Å². The lowest BCUT2D eigenvalue weighted by Gasteiger charge is -2.00. The third-order valence-corrected chi connectivity index (χ3v) is 3.09. The highest BCUT2D eigenvalue weighted by Gasteiger charge is 2.10. The van der Waals surface area contributed by atoms with Gasteiger partial charge in [0.05, 0.1) is 5.52 Å². The van der Waals surface area contributed by atoms with Crippen molar-refractivity contribution in [1.82, 2.24) is 9.78 Å². The Morgan fingerprint density at radius 3 is 3.00 bits per heavy atom. The molecule has 0 atom stereocenters. The molecule has 0 aliphatic rings. The molecule has 84 valence electrons. The van der Waals surface area contributed by atoms with Gasteiger partial charge in [-0.15, -0.1) is 0 Å². The molecular formula is C11H12BrN3O. The number of fused-ring (bicyclic) bond motifs is 1. The van der Waals surface area contributed by atoms with Gasteiger partial charge in [-0.05, 0) is 34.6 Å². The second-order valence-electron chi connectivity index (χ2n) is 3.61. The van der Waals surface area contributed by atoms with Gasteiger partial charge in [0.25, 0.3) is 0 Å². The minimum atomic E-state index is 0.0710. The van der Waals surface area contributed by atoms with Crippen LogP contribution in [0.2, 0.25) is 0 Å². The van der Waals surface area contributed by atoms with E-state index in [4.69, 9.17) is 5.73 Å². The number of carbonyl (C=O) groups excluding carboxylic acids is 1. The van der Waals surface area contributed by atoms with Crippen LogP contribution in [0.3, 0.4) is 0 Å². The lowest BCUT2D eigenvalue weighted by molar-refractivity contribution is 0.0985. The minimum Gasteiger partial charge on any atom is -0.330 e. The Morgan fingerprint density at radius 1 is 1.56 bits per heavy atom. The zero-order valence-corrected chi connectivity index (χ0v) is 10.5. The average molecular weight is 282 g/mol. The van der Waals surface area contributed by atoms with E-state index in [1.54, 1.807) is 4.68 Å². The number of halogens is 1. The van der Waals surface area contributed by atoms with Crippen molar-refractivity contribution in [3.8, 4) is 0 Å². The Labute approximate surface area is 102 Å². The maximum absolute atomic E-state index is 11.7. The van der Waals surface area contributed by atoms with E-state index < -0.39 is 0 Å². The number of nitrogens with zero attached hydrogens (tertiary/aromatic N) is 2. The Balaban J connectivity index is 2.51. The van der Waals surface area contributed by atoms with Crippen LogP contribution in [0, 0.1) is 0 Å². The van der Waals surface area contributed by atoms with Crippen LogP contribution in [0.15, 0.2) is 22.8 Å². The summed E-state index contributed by atoms with van der Waals surface area (Å²) in [6, 6.07) is 5.56. The van der Waals surface area contributed by atoms with E-state index in [9.17, 15) is 4.79 Å². The van der Waals surface area contributed by atoms with Crippen molar-refractivity contribution < 1.29 is 4.79 Å². The molecule has 0 radical (unpaired) electrons. The number of nitrogens with two attached hydrogens (primary N) is 1. The van der Waals surface area contributed by atoms with Gasteiger partial charge in [-0.1, -0.05) is 6.07 Å². The summed E-state index contributed by atoms with van der Waals surface area (Å²) in [6.45, 7) is 0.381. The smallest absolute Gasteiger partial charge is 0.164 e. The van der Waals surface area contributed by atoms with Gasteiger partial charge >= 0.3 is 0 Å². The third kappa shape index (κ3) is 1.88. The molecule has 0 amide bonds. The predicted octanol–water partition coefficient (Wildman–Crippen LogP) is 1.87. The summed E-state index contributed by atoms with van der Waals surface area (Å²) in [6.07, 6.45) is 0.379. The molecule has 2 N–H and O–H groups in total. The Hall–Kier alpha value is -1.20. The lowest BCUT2D eigenvalue weighted by Crippen LogP contribution is -2.08. The minimum absolute atomic E-state index is 0.0710. The molecule has 2 aromatic rings. The SMILES string of the molecule is Cn1nc(Br)c2ccc(C(=O)CCN)cc21. The molecule has 1 heterocycles. The van der Waals surface area contributed by atoms with Crippen LogP contribution in [0.4, 0.5) is 0 Å². The van der Waals surface area contributed by atoms with Crippen molar-refractivity contribution in [2.75, 3.05) is 6.54 Å². The van der Waals surface area contributed by atoms with E-state index in [0.29, 0.717) is 18.5 Å². The first-order valence-corrected chi connectivity index (χ1v) is 5.78.